The van der Waals surface area contributed by atoms with Gasteiger partial charge in [-0.1, -0.05) is 0 Å². The van der Waals surface area contributed by atoms with Crippen molar-refractivity contribution in [3.8, 4) is 0 Å². The third-order valence-electron chi connectivity index (χ3n) is 3.15. The third-order valence-corrected chi connectivity index (χ3v) is 3.80. The van der Waals surface area contributed by atoms with Crippen LogP contribution in [0.2, 0.25) is 0 Å². The van der Waals surface area contributed by atoms with Crippen LogP contribution < -0.4 is 4.90 Å². The average molecular weight is 298 g/mol. The molecule has 0 saturated carbocycles. The fourth-order valence-corrected chi connectivity index (χ4v) is 2.80. The van der Waals surface area contributed by atoms with Crippen LogP contribution in [-0.4, -0.2) is 29.6 Å². The molecule has 1 N–H and O–H groups in total. The van der Waals surface area contributed by atoms with Crippen molar-refractivity contribution in [1.82, 2.24) is 0 Å². The number of aliphatic hydroxyl groups is 1. The topological polar surface area (TPSA) is 40.5 Å². The summed E-state index contributed by atoms with van der Waals surface area (Å²) in [6, 6.07) is 5.70. The molecule has 1 aliphatic heterocycles. The number of β-amino-alcohol motifs (C(OH)–C–C–N with tert-alkyl or cyclic N) is 1. The van der Waals surface area contributed by atoms with Crippen LogP contribution in [0.3, 0.4) is 0 Å². The number of anilines is 1. The molecular formula is C13H16BrNO2. The first-order valence-corrected chi connectivity index (χ1v) is 6.46. The van der Waals surface area contributed by atoms with Crippen molar-refractivity contribution >= 4 is 27.4 Å². The molecule has 92 valence electrons. The average Bonchev–Trinajstić information content (AvgIpc) is 2.58. The van der Waals surface area contributed by atoms with E-state index in [1.807, 2.05) is 25.1 Å². The summed E-state index contributed by atoms with van der Waals surface area (Å²) >= 11 is 3.41. The molecule has 1 aliphatic rings. The number of halogens is 1. The molecule has 3 nitrogen and oxygen atoms in total. The largest absolute Gasteiger partial charge is 0.388 e. The highest BCUT2D eigenvalue weighted by atomic mass is 79.9. The van der Waals surface area contributed by atoms with Crippen LogP contribution in [0.5, 0.6) is 0 Å². The van der Waals surface area contributed by atoms with Gasteiger partial charge in [-0.2, -0.15) is 0 Å². The molecule has 2 rings (SSSR count). The number of hydrogen-bond donors (Lipinski definition) is 1. The second-order valence-corrected chi connectivity index (χ2v) is 5.74. The van der Waals surface area contributed by atoms with Gasteiger partial charge in [0, 0.05) is 28.8 Å². The van der Waals surface area contributed by atoms with Gasteiger partial charge in [0.1, 0.15) is 0 Å². The summed E-state index contributed by atoms with van der Waals surface area (Å²) in [5, 5.41) is 9.93. The van der Waals surface area contributed by atoms with Crippen LogP contribution >= 0.6 is 15.9 Å². The normalized spacial score (nSPS) is 24.1. The lowest BCUT2D eigenvalue weighted by atomic mass is 10.1. The number of nitrogens with zero attached hydrogens (tertiary/aromatic N) is 1. The van der Waals surface area contributed by atoms with Crippen molar-refractivity contribution < 1.29 is 9.90 Å². The first-order chi connectivity index (χ1) is 7.89. The third kappa shape index (κ3) is 2.69. The van der Waals surface area contributed by atoms with Gasteiger partial charge in [0.05, 0.1) is 5.60 Å². The van der Waals surface area contributed by atoms with Crippen molar-refractivity contribution in [3.63, 3.8) is 0 Å². The number of benzene rings is 1. The first kappa shape index (κ1) is 12.6. The Bertz CT molecular complexity index is 457. The molecule has 0 aliphatic carbocycles. The van der Waals surface area contributed by atoms with E-state index in [1.54, 1.807) is 6.92 Å². The Labute approximate surface area is 110 Å². The van der Waals surface area contributed by atoms with Gasteiger partial charge in [-0.15, -0.1) is 0 Å². The van der Waals surface area contributed by atoms with E-state index in [0.717, 1.165) is 23.1 Å². The van der Waals surface area contributed by atoms with Crippen LogP contribution in [0.4, 0.5) is 5.69 Å². The Morgan fingerprint density at radius 1 is 1.53 bits per heavy atom. The molecule has 1 atom stereocenters. The van der Waals surface area contributed by atoms with E-state index >= 15 is 0 Å². The van der Waals surface area contributed by atoms with Crippen LogP contribution in [0, 0.1) is 0 Å². The number of ketones is 1. The molecule has 1 heterocycles. The lowest BCUT2D eigenvalue weighted by Crippen LogP contribution is -2.29. The minimum atomic E-state index is -0.605. The molecule has 1 saturated heterocycles. The summed E-state index contributed by atoms with van der Waals surface area (Å²) in [4.78, 5) is 13.5. The molecule has 0 aromatic heterocycles. The molecule has 0 bridgehead atoms. The highest BCUT2D eigenvalue weighted by Crippen LogP contribution is 2.29. The lowest BCUT2D eigenvalue weighted by molar-refractivity contribution is 0.0839. The number of carbonyl (C=O) groups excluding carboxylic acids is 1. The second-order valence-electron chi connectivity index (χ2n) is 4.89. The lowest BCUT2D eigenvalue weighted by Gasteiger charge is -2.21. The smallest absolute Gasteiger partial charge is 0.160 e. The second kappa shape index (κ2) is 4.42. The molecule has 4 heteroatoms. The number of Topliss-reactive ketones (excluding diaryl/α,β-unsaturated/α-hetero) is 1. The zero-order chi connectivity index (χ0) is 12.6. The van der Waals surface area contributed by atoms with E-state index in [2.05, 4.69) is 20.8 Å². The van der Waals surface area contributed by atoms with Gasteiger partial charge in [0.2, 0.25) is 0 Å². The van der Waals surface area contributed by atoms with Gasteiger partial charge in [-0.05, 0) is 54.4 Å². The summed E-state index contributed by atoms with van der Waals surface area (Å²) in [5.41, 5.74) is 1.13. The predicted octanol–water partition coefficient (Wildman–Crippen LogP) is 2.61. The Hall–Kier alpha value is -0.870. The maximum atomic E-state index is 11.3. The SMILES string of the molecule is CC(=O)c1ccc(N2CCC(C)(O)C2)cc1Br. The standard InChI is InChI=1S/C13H16BrNO2/c1-9(16)11-4-3-10(7-12(11)14)15-6-5-13(2,17)8-15/h3-4,7,17H,5-6,8H2,1-2H3. The molecule has 1 aromatic carbocycles. The summed E-state index contributed by atoms with van der Waals surface area (Å²) < 4.78 is 0.814. The molecule has 1 unspecified atom stereocenters. The van der Waals surface area contributed by atoms with E-state index in [1.165, 1.54) is 0 Å². The zero-order valence-corrected chi connectivity index (χ0v) is 11.6. The molecule has 0 spiro atoms. The fourth-order valence-electron chi connectivity index (χ4n) is 2.15. The van der Waals surface area contributed by atoms with Crippen molar-refractivity contribution in [2.45, 2.75) is 25.9 Å². The Morgan fingerprint density at radius 3 is 2.71 bits per heavy atom. The molecule has 0 radical (unpaired) electrons. The summed E-state index contributed by atoms with van der Waals surface area (Å²) in [6.45, 7) is 4.89. The van der Waals surface area contributed by atoms with E-state index in [4.69, 9.17) is 0 Å². The highest BCUT2D eigenvalue weighted by molar-refractivity contribution is 9.10. The molecule has 1 aromatic rings. The van der Waals surface area contributed by atoms with Crippen molar-refractivity contribution in [1.29, 1.82) is 0 Å². The Balaban J connectivity index is 2.24. The maximum absolute atomic E-state index is 11.3. The van der Waals surface area contributed by atoms with Crippen molar-refractivity contribution in [2.24, 2.45) is 0 Å². The molecule has 1 fully saturated rings. The van der Waals surface area contributed by atoms with E-state index in [0.29, 0.717) is 12.1 Å². The zero-order valence-electron chi connectivity index (χ0n) is 10.0. The first-order valence-electron chi connectivity index (χ1n) is 5.67. The van der Waals surface area contributed by atoms with Crippen LogP contribution in [0.1, 0.15) is 30.6 Å². The van der Waals surface area contributed by atoms with Gasteiger partial charge in [0.15, 0.2) is 5.78 Å². The molecular weight excluding hydrogens is 282 g/mol. The summed E-state index contributed by atoms with van der Waals surface area (Å²) in [5.74, 6) is 0.0526. The van der Waals surface area contributed by atoms with Gasteiger partial charge < -0.3 is 10.0 Å². The van der Waals surface area contributed by atoms with E-state index in [-0.39, 0.29) is 5.78 Å². The van der Waals surface area contributed by atoms with Gasteiger partial charge >= 0.3 is 0 Å². The number of hydrogen-bond acceptors (Lipinski definition) is 3. The van der Waals surface area contributed by atoms with Crippen LogP contribution in [0.25, 0.3) is 0 Å². The highest BCUT2D eigenvalue weighted by Gasteiger charge is 2.31. The fraction of sp³-hybridized carbons (Fsp3) is 0.462. The Morgan fingerprint density at radius 2 is 2.24 bits per heavy atom. The van der Waals surface area contributed by atoms with E-state index in [9.17, 15) is 9.90 Å². The predicted molar refractivity (Wildman–Crippen MR) is 71.6 cm³/mol. The molecule has 17 heavy (non-hydrogen) atoms. The van der Waals surface area contributed by atoms with Gasteiger partial charge in [0.25, 0.3) is 0 Å². The minimum absolute atomic E-state index is 0.0526. The van der Waals surface area contributed by atoms with Crippen molar-refractivity contribution in [3.05, 3.63) is 28.2 Å². The minimum Gasteiger partial charge on any atom is -0.388 e. The number of carbonyl (C=O) groups is 1. The van der Waals surface area contributed by atoms with E-state index < -0.39 is 5.60 Å². The summed E-state index contributed by atoms with van der Waals surface area (Å²) in [6.07, 6.45) is 0.777. The quantitative estimate of drug-likeness (QED) is 0.853. The monoisotopic (exact) mass is 297 g/mol. The van der Waals surface area contributed by atoms with Crippen LogP contribution in [-0.2, 0) is 0 Å². The van der Waals surface area contributed by atoms with Crippen LogP contribution in [0.15, 0.2) is 22.7 Å². The Kier molecular flexibility index (Phi) is 3.27. The number of rotatable bonds is 2. The maximum Gasteiger partial charge on any atom is 0.160 e. The van der Waals surface area contributed by atoms with Gasteiger partial charge in [-0.25, -0.2) is 0 Å². The molecule has 0 amide bonds. The van der Waals surface area contributed by atoms with Gasteiger partial charge in [-0.3, -0.25) is 4.79 Å². The summed E-state index contributed by atoms with van der Waals surface area (Å²) in [7, 11) is 0. The van der Waals surface area contributed by atoms with Crippen molar-refractivity contribution in [2.75, 3.05) is 18.0 Å².